The van der Waals surface area contributed by atoms with Gasteiger partial charge in [0.15, 0.2) is 0 Å². The van der Waals surface area contributed by atoms with Crippen LogP contribution in [0.15, 0.2) is 0 Å². The summed E-state index contributed by atoms with van der Waals surface area (Å²) in [5.41, 5.74) is 11.0. The summed E-state index contributed by atoms with van der Waals surface area (Å²) in [5.74, 6) is -3.93. The molecule has 1 saturated heterocycles. The van der Waals surface area contributed by atoms with Gasteiger partial charge in [0.25, 0.3) is 0 Å². The molecule has 0 spiro atoms. The Labute approximate surface area is 180 Å². The van der Waals surface area contributed by atoms with Gasteiger partial charge in [-0.2, -0.15) is 12.6 Å². The van der Waals surface area contributed by atoms with E-state index in [1.165, 1.54) is 4.90 Å². The Hall–Kier alpha value is -2.34. The van der Waals surface area contributed by atoms with Gasteiger partial charge in [-0.3, -0.25) is 19.2 Å². The second-order valence-corrected chi connectivity index (χ2v) is 8.10. The second kappa shape index (κ2) is 11.7. The zero-order valence-electron chi connectivity index (χ0n) is 17.2. The summed E-state index contributed by atoms with van der Waals surface area (Å²) < 4.78 is 0. The van der Waals surface area contributed by atoms with E-state index in [1.807, 2.05) is 13.8 Å². The lowest BCUT2D eigenvalue weighted by atomic mass is 10.0. The number of thiol groups is 1. The minimum atomic E-state index is -1.32. The maximum absolute atomic E-state index is 12.7. The normalized spacial score (nSPS) is 19.1. The van der Waals surface area contributed by atoms with Gasteiger partial charge < -0.3 is 32.1 Å². The van der Waals surface area contributed by atoms with Crippen LogP contribution >= 0.6 is 12.6 Å². The Balaban J connectivity index is 2.87. The number of aliphatic carboxylic acids is 1. The number of nitrogens with one attached hydrogen (secondary N) is 2. The van der Waals surface area contributed by atoms with Crippen LogP contribution in [-0.4, -0.2) is 76.1 Å². The molecule has 1 heterocycles. The average molecular weight is 446 g/mol. The van der Waals surface area contributed by atoms with Gasteiger partial charge in [-0.25, -0.2) is 4.79 Å². The fourth-order valence-corrected chi connectivity index (χ4v) is 3.50. The Bertz CT molecular complexity index is 673. The molecule has 1 fully saturated rings. The summed E-state index contributed by atoms with van der Waals surface area (Å²) in [5, 5.41) is 14.1. The number of nitrogens with two attached hydrogens (primary N) is 2. The predicted octanol–water partition coefficient (Wildman–Crippen LogP) is -1.79. The molecule has 1 aliphatic rings. The van der Waals surface area contributed by atoms with Gasteiger partial charge in [0.2, 0.25) is 23.6 Å². The van der Waals surface area contributed by atoms with E-state index in [0.717, 1.165) is 0 Å². The van der Waals surface area contributed by atoms with Crippen LogP contribution in [0.2, 0.25) is 0 Å². The topological polar surface area (TPSA) is 185 Å². The number of carboxylic acids is 1. The van der Waals surface area contributed by atoms with Crippen LogP contribution in [-0.2, 0) is 24.0 Å². The minimum Gasteiger partial charge on any atom is -0.480 e. The number of amides is 4. The first-order valence-corrected chi connectivity index (χ1v) is 10.4. The average Bonchev–Trinajstić information content (AvgIpc) is 3.13. The SMILES string of the molecule is CC(C)CC(N)C(=O)NC(CC(N)=O)C(=O)NC(CS)C(=O)N1CCCC1C(=O)O. The highest BCUT2D eigenvalue weighted by molar-refractivity contribution is 7.80. The molecule has 1 rings (SSSR count). The van der Waals surface area contributed by atoms with Crippen molar-refractivity contribution in [2.24, 2.45) is 17.4 Å². The highest BCUT2D eigenvalue weighted by Gasteiger charge is 2.38. The third kappa shape index (κ3) is 7.48. The standard InChI is InChI=1S/C18H31N5O6S/c1-9(2)6-10(19)15(25)21-11(7-14(20)24)16(26)22-12(8-30)17(27)23-5-3-4-13(23)18(28)29/h9-13,30H,3-8,19H2,1-2H3,(H2,20,24)(H,21,25)(H,22,26)(H,28,29). The number of hydrogen-bond donors (Lipinski definition) is 6. The summed E-state index contributed by atoms with van der Waals surface area (Å²) in [6.45, 7) is 4.01. The van der Waals surface area contributed by atoms with Crippen molar-refractivity contribution in [2.75, 3.05) is 12.3 Å². The Morgan fingerprint density at radius 2 is 1.73 bits per heavy atom. The van der Waals surface area contributed by atoms with Gasteiger partial charge in [0, 0.05) is 12.3 Å². The molecule has 0 aromatic heterocycles. The van der Waals surface area contributed by atoms with Crippen LogP contribution in [0.4, 0.5) is 0 Å². The lowest BCUT2D eigenvalue weighted by Gasteiger charge is -2.28. The second-order valence-electron chi connectivity index (χ2n) is 7.74. The van der Waals surface area contributed by atoms with Gasteiger partial charge >= 0.3 is 5.97 Å². The molecular weight excluding hydrogens is 414 g/mol. The Kier molecular flexibility index (Phi) is 10.1. The number of carbonyl (C=O) groups is 5. The predicted molar refractivity (Wildman–Crippen MR) is 111 cm³/mol. The van der Waals surface area contributed by atoms with Crippen molar-refractivity contribution in [3.63, 3.8) is 0 Å². The van der Waals surface area contributed by atoms with Crippen molar-refractivity contribution < 1.29 is 29.1 Å². The molecule has 11 nitrogen and oxygen atoms in total. The molecule has 0 radical (unpaired) electrons. The lowest BCUT2D eigenvalue weighted by molar-refractivity contribution is -0.149. The van der Waals surface area contributed by atoms with E-state index in [-0.39, 0.29) is 18.2 Å². The first kappa shape index (κ1) is 25.7. The van der Waals surface area contributed by atoms with Crippen molar-refractivity contribution in [3.05, 3.63) is 0 Å². The smallest absolute Gasteiger partial charge is 0.326 e. The summed E-state index contributed by atoms with van der Waals surface area (Å²) in [6.07, 6.45) is 0.743. The number of primary amides is 1. The highest BCUT2D eigenvalue weighted by Crippen LogP contribution is 2.19. The molecule has 4 unspecified atom stereocenters. The zero-order chi connectivity index (χ0) is 23.0. The van der Waals surface area contributed by atoms with Crippen LogP contribution in [0.3, 0.4) is 0 Å². The highest BCUT2D eigenvalue weighted by atomic mass is 32.1. The third-order valence-corrected chi connectivity index (χ3v) is 5.08. The van der Waals surface area contributed by atoms with Crippen molar-refractivity contribution in [1.29, 1.82) is 0 Å². The van der Waals surface area contributed by atoms with Crippen LogP contribution in [0.1, 0.15) is 39.5 Å². The number of carbonyl (C=O) groups excluding carboxylic acids is 4. The molecule has 12 heteroatoms. The number of nitrogens with zero attached hydrogens (tertiary/aromatic N) is 1. The third-order valence-electron chi connectivity index (χ3n) is 4.72. The lowest BCUT2D eigenvalue weighted by Crippen LogP contribution is -2.58. The molecule has 0 aromatic carbocycles. The molecule has 1 aliphatic heterocycles. The van der Waals surface area contributed by atoms with Crippen molar-refractivity contribution >= 4 is 42.2 Å². The Morgan fingerprint density at radius 3 is 2.23 bits per heavy atom. The molecule has 7 N–H and O–H groups in total. The van der Waals surface area contributed by atoms with Crippen LogP contribution in [0.25, 0.3) is 0 Å². The molecular formula is C18H31N5O6S. The summed E-state index contributed by atoms with van der Waals surface area (Å²) in [4.78, 5) is 61.5. The first-order valence-electron chi connectivity index (χ1n) is 9.76. The number of hydrogen-bond acceptors (Lipinski definition) is 7. The van der Waals surface area contributed by atoms with Gasteiger partial charge in [-0.1, -0.05) is 13.8 Å². The van der Waals surface area contributed by atoms with E-state index in [9.17, 15) is 29.1 Å². The van der Waals surface area contributed by atoms with Crippen LogP contribution in [0.5, 0.6) is 0 Å². The largest absolute Gasteiger partial charge is 0.480 e. The molecule has 0 aliphatic carbocycles. The molecule has 0 bridgehead atoms. The number of carboxylic acid groups (broad SMARTS) is 1. The van der Waals surface area contributed by atoms with Crippen molar-refractivity contribution in [1.82, 2.24) is 15.5 Å². The van der Waals surface area contributed by atoms with Gasteiger partial charge in [0.1, 0.15) is 18.1 Å². The molecule has 4 amide bonds. The quantitative estimate of drug-likeness (QED) is 0.203. The molecule has 0 aromatic rings. The van der Waals surface area contributed by atoms with Crippen molar-refractivity contribution in [3.8, 4) is 0 Å². The fraction of sp³-hybridized carbons (Fsp3) is 0.722. The van der Waals surface area contributed by atoms with Crippen LogP contribution < -0.4 is 22.1 Å². The molecule has 4 atom stereocenters. The summed E-state index contributed by atoms with van der Waals surface area (Å²) >= 11 is 4.07. The van der Waals surface area contributed by atoms with E-state index in [4.69, 9.17) is 11.5 Å². The number of likely N-dealkylation sites (tertiary alicyclic amines) is 1. The Morgan fingerprint density at radius 1 is 1.13 bits per heavy atom. The monoisotopic (exact) mass is 445 g/mol. The summed E-state index contributed by atoms with van der Waals surface area (Å²) in [6, 6.07) is -4.29. The summed E-state index contributed by atoms with van der Waals surface area (Å²) in [7, 11) is 0. The molecule has 170 valence electrons. The van der Waals surface area contributed by atoms with Gasteiger partial charge in [-0.15, -0.1) is 0 Å². The maximum Gasteiger partial charge on any atom is 0.326 e. The fourth-order valence-electron chi connectivity index (χ4n) is 3.25. The van der Waals surface area contributed by atoms with E-state index in [1.54, 1.807) is 0 Å². The maximum atomic E-state index is 12.7. The van der Waals surface area contributed by atoms with E-state index in [0.29, 0.717) is 19.3 Å². The van der Waals surface area contributed by atoms with E-state index >= 15 is 0 Å². The minimum absolute atomic E-state index is 0.0997. The van der Waals surface area contributed by atoms with Gasteiger partial charge in [0.05, 0.1) is 12.5 Å². The number of rotatable bonds is 11. The van der Waals surface area contributed by atoms with Crippen LogP contribution in [0, 0.1) is 5.92 Å². The van der Waals surface area contributed by atoms with E-state index in [2.05, 4.69) is 23.3 Å². The zero-order valence-corrected chi connectivity index (χ0v) is 18.1. The molecule has 30 heavy (non-hydrogen) atoms. The van der Waals surface area contributed by atoms with Crippen molar-refractivity contribution in [2.45, 2.75) is 63.7 Å². The first-order chi connectivity index (χ1) is 14.0. The van der Waals surface area contributed by atoms with E-state index < -0.39 is 60.2 Å². The van der Waals surface area contributed by atoms with Gasteiger partial charge in [-0.05, 0) is 25.2 Å². The molecule has 0 saturated carbocycles.